The van der Waals surface area contributed by atoms with Crippen LogP contribution in [0.2, 0.25) is 0 Å². The Morgan fingerprint density at radius 2 is 1.94 bits per heavy atom. The minimum absolute atomic E-state index is 0.111. The van der Waals surface area contributed by atoms with Crippen molar-refractivity contribution >= 4 is 46.2 Å². The van der Waals surface area contributed by atoms with Crippen molar-refractivity contribution in [3.05, 3.63) is 65.0 Å². The van der Waals surface area contributed by atoms with Gasteiger partial charge < -0.3 is 9.32 Å². The predicted molar refractivity (Wildman–Crippen MR) is 127 cm³/mol. The van der Waals surface area contributed by atoms with Gasteiger partial charge in [-0.1, -0.05) is 54.3 Å². The topological polar surface area (TPSA) is 53.8 Å². The van der Waals surface area contributed by atoms with E-state index in [1.54, 1.807) is 29.4 Å². The number of carbonyl (C=O) groups excluding carboxylic acids is 2. The van der Waals surface area contributed by atoms with Gasteiger partial charge in [0.1, 0.15) is 10.1 Å². The average Bonchev–Trinajstić information content (AvgIpc) is 3.38. The molecule has 0 radical (unpaired) electrons. The van der Waals surface area contributed by atoms with Crippen molar-refractivity contribution in [2.24, 2.45) is 5.92 Å². The van der Waals surface area contributed by atoms with E-state index < -0.39 is 0 Å². The van der Waals surface area contributed by atoms with Crippen LogP contribution in [0.4, 0.5) is 0 Å². The highest BCUT2D eigenvalue weighted by molar-refractivity contribution is 8.26. The first-order valence-electron chi connectivity index (χ1n) is 10.7. The van der Waals surface area contributed by atoms with Crippen LogP contribution < -0.4 is 0 Å². The summed E-state index contributed by atoms with van der Waals surface area (Å²) in [6.07, 6.45) is 7.52. The molecule has 162 valence electrons. The van der Waals surface area contributed by atoms with Crippen molar-refractivity contribution in [1.82, 2.24) is 9.80 Å². The summed E-state index contributed by atoms with van der Waals surface area (Å²) in [4.78, 5) is 29.4. The Balaban J connectivity index is 1.20. The predicted octanol–water partition coefficient (Wildman–Crippen LogP) is 4.74. The number of nitrogens with zero attached hydrogens (tertiary/aromatic N) is 2. The number of benzene rings is 1. The smallest absolute Gasteiger partial charge is 0.266 e. The molecule has 7 heteroatoms. The highest BCUT2D eigenvalue weighted by Gasteiger charge is 2.32. The molecular weight excluding hydrogens is 428 g/mol. The van der Waals surface area contributed by atoms with E-state index in [-0.39, 0.29) is 11.8 Å². The van der Waals surface area contributed by atoms with Gasteiger partial charge in [0.15, 0.2) is 0 Å². The minimum atomic E-state index is -0.111. The van der Waals surface area contributed by atoms with Crippen LogP contribution in [0.3, 0.4) is 0 Å². The Morgan fingerprint density at radius 3 is 2.65 bits per heavy atom. The molecule has 0 aliphatic carbocycles. The molecule has 0 atom stereocenters. The fraction of sp³-hybridized carbons (Fsp3) is 0.375. The number of rotatable bonds is 7. The van der Waals surface area contributed by atoms with Gasteiger partial charge in [-0.25, -0.2) is 0 Å². The third-order valence-electron chi connectivity index (χ3n) is 5.80. The second kappa shape index (κ2) is 10.3. The molecule has 3 heterocycles. The zero-order valence-corrected chi connectivity index (χ0v) is 19.0. The van der Waals surface area contributed by atoms with Gasteiger partial charge in [0.05, 0.1) is 11.2 Å². The lowest BCUT2D eigenvalue weighted by Gasteiger charge is -2.32. The standard InChI is InChI=1S/C24H26N2O3S2/c27-22(25-13-10-19(11-14-25)16-18-6-2-1-3-7-18)9-4-12-26-23(28)21(31-24(26)30)17-20-8-5-15-29-20/h1-3,5-8,15,17,19H,4,9-14,16H2. The number of piperidine rings is 1. The van der Waals surface area contributed by atoms with Crippen molar-refractivity contribution in [3.8, 4) is 0 Å². The van der Waals surface area contributed by atoms with Crippen LogP contribution in [0.25, 0.3) is 6.08 Å². The van der Waals surface area contributed by atoms with Crippen LogP contribution >= 0.6 is 24.0 Å². The Morgan fingerprint density at radius 1 is 1.16 bits per heavy atom. The summed E-state index contributed by atoms with van der Waals surface area (Å²) >= 11 is 6.64. The van der Waals surface area contributed by atoms with Gasteiger partial charge in [-0.3, -0.25) is 14.5 Å². The molecule has 2 aliphatic rings. The van der Waals surface area contributed by atoms with E-state index in [0.29, 0.717) is 40.3 Å². The molecule has 2 saturated heterocycles. The molecular formula is C24H26N2O3S2. The fourth-order valence-electron chi connectivity index (χ4n) is 4.08. The summed E-state index contributed by atoms with van der Waals surface area (Å²) in [6, 6.07) is 14.1. The molecule has 2 aromatic rings. The Labute approximate surface area is 192 Å². The molecule has 31 heavy (non-hydrogen) atoms. The largest absolute Gasteiger partial charge is 0.465 e. The maximum absolute atomic E-state index is 12.6. The molecule has 0 spiro atoms. The lowest BCUT2D eigenvalue weighted by Crippen LogP contribution is -2.39. The number of thiocarbonyl (C=S) groups is 1. The van der Waals surface area contributed by atoms with Crippen molar-refractivity contribution in [2.75, 3.05) is 19.6 Å². The number of hydrogen-bond donors (Lipinski definition) is 0. The number of thioether (sulfide) groups is 1. The first-order chi connectivity index (χ1) is 15.1. The first kappa shape index (κ1) is 21.8. The van der Waals surface area contributed by atoms with E-state index in [0.717, 1.165) is 32.4 Å². The molecule has 4 rings (SSSR count). The number of furan rings is 1. The minimum Gasteiger partial charge on any atom is -0.465 e. The van der Waals surface area contributed by atoms with Gasteiger partial charge in [0, 0.05) is 32.1 Å². The van der Waals surface area contributed by atoms with E-state index in [2.05, 4.69) is 24.3 Å². The van der Waals surface area contributed by atoms with E-state index in [1.165, 1.54) is 17.3 Å². The number of amides is 2. The Kier molecular flexibility index (Phi) is 7.25. The molecule has 5 nitrogen and oxygen atoms in total. The molecule has 0 unspecified atom stereocenters. The number of carbonyl (C=O) groups is 2. The SMILES string of the molecule is O=C(CCCN1C(=O)C(=Cc2ccco2)SC1=S)N1CCC(Cc2ccccc2)CC1. The van der Waals surface area contributed by atoms with Gasteiger partial charge >= 0.3 is 0 Å². The van der Waals surface area contributed by atoms with Gasteiger partial charge in [-0.2, -0.15) is 0 Å². The fourth-order valence-corrected chi connectivity index (χ4v) is 5.36. The summed E-state index contributed by atoms with van der Waals surface area (Å²) in [5.74, 6) is 1.34. The lowest BCUT2D eigenvalue weighted by atomic mass is 9.90. The zero-order chi connectivity index (χ0) is 21.6. The van der Waals surface area contributed by atoms with Crippen LogP contribution in [0.15, 0.2) is 58.1 Å². The summed E-state index contributed by atoms with van der Waals surface area (Å²) in [5.41, 5.74) is 1.37. The molecule has 0 N–H and O–H groups in total. The van der Waals surface area contributed by atoms with Crippen LogP contribution in [-0.2, 0) is 16.0 Å². The molecule has 1 aromatic carbocycles. The molecule has 0 bridgehead atoms. The second-order valence-electron chi connectivity index (χ2n) is 7.97. The van der Waals surface area contributed by atoms with E-state index in [1.807, 2.05) is 11.0 Å². The normalized spacial score (nSPS) is 18.9. The molecule has 2 amide bonds. The molecule has 2 aliphatic heterocycles. The summed E-state index contributed by atoms with van der Waals surface area (Å²) < 4.78 is 5.82. The van der Waals surface area contributed by atoms with Crippen LogP contribution in [-0.4, -0.2) is 45.6 Å². The van der Waals surface area contributed by atoms with Crippen molar-refractivity contribution in [2.45, 2.75) is 32.1 Å². The first-order valence-corrected chi connectivity index (χ1v) is 11.9. The number of hydrogen-bond acceptors (Lipinski definition) is 5. The lowest BCUT2D eigenvalue weighted by molar-refractivity contribution is -0.133. The maximum atomic E-state index is 12.6. The third-order valence-corrected chi connectivity index (χ3v) is 7.17. The van der Waals surface area contributed by atoms with Gasteiger partial charge in [0.2, 0.25) is 5.91 Å². The van der Waals surface area contributed by atoms with Gasteiger partial charge in [-0.05, 0) is 49.3 Å². The molecule has 1 aromatic heterocycles. The van der Waals surface area contributed by atoms with Crippen molar-refractivity contribution < 1.29 is 14.0 Å². The zero-order valence-electron chi connectivity index (χ0n) is 17.4. The van der Waals surface area contributed by atoms with Gasteiger partial charge in [-0.15, -0.1) is 0 Å². The third kappa shape index (κ3) is 5.66. The van der Waals surface area contributed by atoms with Crippen molar-refractivity contribution in [1.29, 1.82) is 0 Å². The molecule has 0 saturated carbocycles. The highest BCUT2D eigenvalue weighted by Crippen LogP contribution is 2.32. The van der Waals surface area contributed by atoms with E-state index in [4.69, 9.17) is 16.6 Å². The van der Waals surface area contributed by atoms with Crippen LogP contribution in [0, 0.1) is 5.92 Å². The van der Waals surface area contributed by atoms with Gasteiger partial charge in [0.25, 0.3) is 5.91 Å². The Hall–Kier alpha value is -2.38. The monoisotopic (exact) mass is 454 g/mol. The Bertz CT molecular complexity index is 948. The van der Waals surface area contributed by atoms with E-state index >= 15 is 0 Å². The van der Waals surface area contributed by atoms with Crippen LogP contribution in [0.5, 0.6) is 0 Å². The second-order valence-corrected chi connectivity index (χ2v) is 9.64. The maximum Gasteiger partial charge on any atom is 0.266 e. The number of likely N-dealkylation sites (tertiary alicyclic amines) is 1. The van der Waals surface area contributed by atoms with Crippen molar-refractivity contribution in [3.63, 3.8) is 0 Å². The van der Waals surface area contributed by atoms with E-state index in [9.17, 15) is 9.59 Å². The molecule has 2 fully saturated rings. The summed E-state index contributed by atoms with van der Waals surface area (Å²) in [5, 5.41) is 0. The van der Waals surface area contributed by atoms with Crippen LogP contribution in [0.1, 0.15) is 37.0 Å². The quantitative estimate of drug-likeness (QED) is 0.447. The highest BCUT2D eigenvalue weighted by atomic mass is 32.2. The average molecular weight is 455 g/mol. The summed E-state index contributed by atoms with van der Waals surface area (Å²) in [6.45, 7) is 2.11. The summed E-state index contributed by atoms with van der Waals surface area (Å²) in [7, 11) is 0.